The predicted molar refractivity (Wildman–Crippen MR) is 138 cm³/mol. The Morgan fingerprint density at radius 1 is 1.08 bits per heavy atom. The van der Waals surface area contributed by atoms with Crippen molar-refractivity contribution in [3.05, 3.63) is 66.8 Å². The number of nitrogens with one attached hydrogen (secondary N) is 1. The fourth-order valence-electron chi connectivity index (χ4n) is 7.02. The number of amides is 2. The van der Waals surface area contributed by atoms with Crippen molar-refractivity contribution in [2.75, 3.05) is 11.5 Å². The fraction of sp³-hybridized carbons (Fsp3) is 0.385. The number of carbonyl (C=O) groups excluding carboxylic acids is 3. The summed E-state index contributed by atoms with van der Waals surface area (Å²) in [6, 6.07) is 10.7. The molecule has 4 aliphatic rings. The van der Waals surface area contributed by atoms with E-state index in [4.69, 9.17) is 4.74 Å². The molecule has 3 fully saturated rings. The van der Waals surface area contributed by atoms with Crippen LogP contribution in [0.2, 0.25) is 0 Å². The minimum Gasteiger partial charge on any atom is -0.462 e. The summed E-state index contributed by atoms with van der Waals surface area (Å²) in [6.07, 6.45) is 0.867. The molecule has 2 aliphatic carbocycles. The average Bonchev–Trinajstić information content (AvgIpc) is 3.67. The first kappa shape index (κ1) is 22.5. The SMILES string of the molecule is CCOC(=O)c1ccc(N2C(=O)[C@@H]3[C@H]4C[C@@H]([C@@H]3C2=O)[C@H]2[C@@H](c3cccs3)c3sc(=O)[nH]c3S[C@@H]42)cc1. The van der Waals surface area contributed by atoms with Gasteiger partial charge in [-0.3, -0.25) is 19.3 Å². The third-order valence-electron chi connectivity index (χ3n) is 8.21. The van der Waals surface area contributed by atoms with Gasteiger partial charge in [-0.2, -0.15) is 0 Å². The number of carbonyl (C=O) groups is 3. The summed E-state index contributed by atoms with van der Waals surface area (Å²) >= 11 is 4.67. The third-order valence-corrected chi connectivity index (χ3v) is 11.8. The van der Waals surface area contributed by atoms with Gasteiger partial charge in [0.1, 0.15) is 0 Å². The van der Waals surface area contributed by atoms with Crippen LogP contribution in [0.1, 0.15) is 39.4 Å². The zero-order chi connectivity index (χ0) is 24.7. The van der Waals surface area contributed by atoms with Crippen molar-refractivity contribution in [3.8, 4) is 0 Å². The number of aromatic nitrogens is 1. The highest BCUT2D eigenvalue weighted by Gasteiger charge is 2.69. The van der Waals surface area contributed by atoms with Gasteiger partial charge in [-0.05, 0) is 66.8 Å². The second kappa shape index (κ2) is 8.16. The number of hydrogen-bond donors (Lipinski definition) is 1. The van der Waals surface area contributed by atoms with Gasteiger partial charge in [-0.15, -0.1) is 23.1 Å². The van der Waals surface area contributed by atoms with Gasteiger partial charge >= 0.3 is 10.8 Å². The number of benzene rings is 1. The monoisotopic (exact) mass is 538 g/mol. The maximum absolute atomic E-state index is 13.8. The molecular weight excluding hydrogens is 516 g/mol. The van der Waals surface area contributed by atoms with Crippen LogP contribution >= 0.6 is 34.4 Å². The number of anilines is 1. The van der Waals surface area contributed by atoms with Crippen molar-refractivity contribution < 1.29 is 19.1 Å². The molecule has 1 aromatic carbocycles. The van der Waals surface area contributed by atoms with Crippen molar-refractivity contribution in [1.82, 2.24) is 4.98 Å². The van der Waals surface area contributed by atoms with Crippen molar-refractivity contribution in [1.29, 1.82) is 0 Å². The highest BCUT2D eigenvalue weighted by molar-refractivity contribution is 8.00. The molecule has 2 aliphatic heterocycles. The molecule has 2 amide bonds. The molecule has 7 nitrogen and oxygen atoms in total. The first-order valence-corrected chi connectivity index (χ1v) is 14.6. The first-order valence-electron chi connectivity index (χ1n) is 12.1. The molecular formula is C26H22N2O5S3. The van der Waals surface area contributed by atoms with Crippen molar-refractivity contribution in [2.24, 2.45) is 29.6 Å². The van der Waals surface area contributed by atoms with Gasteiger partial charge in [0.05, 0.1) is 34.7 Å². The first-order chi connectivity index (χ1) is 17.5. The van der Waals surface area contributed by atoms with Crippen LogP contribution < -0.4 is 9.77 Å². The molecule has 2 saturated carbocycles. The van der Waals surface area contributed by atoms with E-state index in [1.54, 1.807) is 54.3 Å². The van der Waals surface area contributed by atoms with Crippen LogP contribution in [-0.2, 0) is 14.3 Å². The molecule has 0 radical (unpaired) electrons. The Bertz CT molecular complexity index is 1440. The van der Waals surface area contributed by atoms with E-state index in [0.717, 1.165) is 16.3 Å². The van der Waals surface area contributed by atoms with E-state index in [1.165, 1.54) is 21.1 Å². The van der Waals surface area contributed by atoms with Crippen molar-refractivity contribution >= 4 is 57.9 Å². The minimum absolute atomic E-state index is 0.0498. The Morgan fingerprint density at radius 2 is 1.83 bits per heavy atom. The molecule has 7 rings (SSSR count). The highest BCUT2D eigenvalue weighted by atomic mass is 32.2. The Hall–Kier alpha value is -2.69. The van der Waals surface area contributed by atoms with Crippen LogP contribution in [0.15, 0.2) is 51.6 Å². The minimum atomic E-state index is -0.427. The molecule has 3 aromatic rings. The fourth-order valence-corrected chi connectivity index (χ4v) is 10.9. The van der Waals surface area contributed by atoms with E-state index in [2.05, 4.69) is 16.4 Å². The topological polar surface area (TPSA) is 96.5 Å². The molecule has 7 atom stereocenters. The van der Waals surface area contributed by atoms with E-state index in [1.807, 2.05) is 6.07 Å². The van der Waals surface area contributed by atoms with Gasteiger partial charge in [-0.1, -0.05) is 17.4 Å². The number of ether oxygens (including phenoxy) is 1. The summed E-state index contributed by atoms with van der Waals surface area (Å²) in [7, 11) is 0. The van der Waals surface area contributed by atoms with Gasteiger partial charge in [0, 0.05) is 20.9 Å². The number of thiophene rings is 1. The van der Waals surface area contributed by atoms with E-state index >= 15 is 0 Å². The number of imide groups is 1. The van der Waals surface area contributed by atoms with E-state index < -0.39 is 5.97 Å². The predicted octanol–water partition coefficient (Wildman–Crippen LogP) is 4.35. The molecule has 1 saturated heterocycles. The lowest BCUT2D eigenvalue weighted by atomic mass is 9.69. The second-order valence-corrected chi connectivity index (χ2v) is 12.9. The zero-order valence-electron chi connectivity index (χ0n) is 19.2. The molecule has 184 valence electrons. The maximum Gasteiger partial charge on any atom is 0.338 e. The summed E-state index contributed by atoms with van der Waals surface area (Å²) in [5.41, 5.74) is 0.891. The molecule has 10 heteroatoms. The largest absolute Gasteiger partial charge is 0.462 e. The number of fused-ring (bicyclic) bond motifs is 9. The standard InChI is InChI=1S/C26H22N2O5S3/c1-2-33-25(31)11-5-7-12(8-6-11)28-23(29)17-13-10-14(18(17)24(28)30)20-16(13)19(15-4-3-9-34-15)21-22(35-20)27-26(32)36-21/h3-9,13-14,16-20H,2,10H2,1H3,(H,27,32)/t13-,14-,16+,17+,18-,19-,20+/m1/s1. The summed E-state index contributed by atoms with van der Waals surface area (Å²) in [5, 5.41) is 3.17. The molecule has 1 N–H and O–H groups in total. The van der Waals surface area contributed by atoms with Crippen LogP contribution in [-0.4, -0.2) is 34.6 Å². The number of thioether (sulfide) groups is 1. The lowest BCUT2D eigenvalue weighted by Crippen LogP contribution is -2.42. The Morgan fingerprint density at radius 3 is 2.53 bits per heavy atom. The lowest BCUT2D eigenvalue weighted by Gasteiger charge is -2.42. The van der Waals surface area contributed by atoms with Crippen LogP contribution in [0, 0.1) is 29.6 Å². The molecule has 0 spiro atoms. The quantitative estimate of drug-likeness (QED) is 0.392. The summed E-state index contributed by atoms with van der Waals surface area (Å²) in [4.78, 5) is 58.4. The van der Waals surface area contributed by atoms with E-state index in [9.17, 15) is 19.2 Å². The second-order valence-electron chi connectivity index (χ2n) is 9.76. The van der Waals surface area contributed by atoms with Gasteiger partial charge in [0.2, 0.25) is 11.8 Å². The van der Waals surface area contributed by atoms with Gasteiger partial charge < -0.3 is 9.72 Å². The number of aromatic amines is 1. The lowest BCUT2D eigenvalue weighted by molar-refractivity contribution is -0.123. The highest BCUT2D eigenvalue weighted by Crippen LogP contribution is 2.68. The normalized spacial score (nSPS) is 31.9. The number of H-pyrrole nitrogens is 1. The van der Waals surface area contributed by atoms with Gasteiger partial charge in [0.25, 0.3) is 0 Å². The van der Waals surface area contributed by atoms with Crippen LogP contribution in [0.25, 0.3) is 0 Å². The Balaban J connectivity index is 1.24. The third kappa shape index (κ3) is 3.04. The van der Waals surface area contributed by atoms with E-state index in [-0.39, 0.29) is 64.1 Å². The number of hydrogen-bond acceptors (Lipinski definition) is 8. The Labute approximate surface area is 218 Å². The van der Waals surface area contributed by atoms with Gasteiger partial charge in [-0.25, -0.2) is 4.79 Å². The molecule has 4 heterocycles. The molecule has 36 heavy (non-hydrogen) atoms. The molecule has 2 bridgehead atoms. The number of esters is 1. The van der Waals surface area contributed by atoms with Crippen molar-refractivity contribution in [3.63, 3.8) is 0 Å². The molecule has 0 unspecified atom stereocenters. The van der Waals surface area contributed by atoms with Crippen LogP contribution in [0.3, 0.4) is 0 Å². The summed E-state index contributed by atoms with van der Waals surface area (Å²) in [5.74, 6) is -0.909. The zero-order valence-corrected chi connectivity index (χ0v) is 21.7. The summed E-state index contributed by atoms with van der Waals surface area (Å²) < 4.78 is 5.05. The maximum atomic E-state index is 13.8. The van der Waals surface area contributed by atoms with Crippen LogP contribution in [0.4, 0.5) is 5.69 Å². The van der Waals surface area contributed by atoms with Crippen LogP contribution in [0.5, 0.6) is 0 Å². The smallest absolute Gasteiger partial charge is 0.338 e. The number of thiazole rings is 1. The number of rotatable bonds is 4. The van der Waals surface area contributed by atoms with Gasteiger partial charge in [0.15, 0.2) is 0 Å². The summed E-state index contributed by atoms with van der Waals surface area (Å²) in [6.45, 7) is 2.03. The Kier molecular flexibility index (Phi) is 5.10. The van der Waals surface area contributed by atoms with Crippen molar-refractivity contribution in [2.45, 2.75) is 29.5 Å². The molecule has 2 aromatic heterocycles. The van der Waals surface area contributed by atoms with E-state index in [0.29, 0.717) is 11.3 Å². The number of nitrogens with zero attached hydrogens (tertiary/aromatic N) is 1. The average molecular weight is 539 g/mol.